The molecular weight excluding hydrogens is 218 g/mol. The van der Waals surface area contributed by atoms with E-state index < -0.39 is 6.10 Å². The van der Waals surface area contributed by atoms with Crippen LogP contribution in [0.2, 0.25) is 0 Å². The third-order valence-corrected chi connectivity index (χ3v) is 2.89. The Kier molecular flexibility index (Phi) is 3.64. The van der Waals surface area contributed by atoms with Crippen LogP contribution in [-0.4, -0.2) is 23.7 Å². The lowest BCUT2D eigenvalue weighted by Crippen LogP contribution is -2.19. The molecule has 0 saturated carbocycles. The number of hydrogen-bond acceptors (Lipinski definition) is 3. The summed E-state index contributed by atoms with van der Waals surface area (Å²) >= 11 is 0. The van der Waals surface area contributed by atoms with E-state index in [0.29, 0.717) is 18.6 Å². The molecule has 0 aromatic heterocycles. The molecule has 1 aromatic rings. The monoisotopic (exact) mass is 235 g/mol. The van der Waals surface area contributed by atoms with Crippen molar-refractivity contribution in [1.82, 2.24) is 0 Å². The van der Waals surface area contributed by atoms with Crippen LogP contribution in [0.25, 0.3) is 0 Å². The summed E-state index contributed by atoms with van der Waals surface area (Å²) in [6.07, 6.45) is 1.54. The van der Waals surface area contributed by atoms with E-state index >= 15 is 0 Å². The summed E-state index contributed by atoms with van der Waals surface area (Å²) in [7, 11) is 0. The van der Waals surface area contributed by atoms with Crippen LogP contribution < -0.4 is 10.1 Å². The largest absolute Gasteiger partial charge is 0.491 e. The molecule has 0 bridgehead atoms. The third kappa shape index (κ3) is 2.97. The summed E-state index contributed by atoms with van der Waals surface area (Å²) < 4.78 is 5.46. The Morgan fingerprint density at radius 2 is 2.29 bits per heavy atom. The number of benzene rings is 1. The number of ether oxygens (including phenoxy) is 1. The lowest BCUT2D eigenvalue weighted by molar-refractivity contribution is -0.116. The Labute approximate surface area is 101 Å². The van der Waals surface area contributed by atoms with Gasteiger partial charge in [-0.05, 0) is 24.5 Å². The van der Waals surface area contributed by atoms with Crippen molar-refractivity contribution in [3.8, 4) is 5.75 Å². The summed E-state index contributed by atoms with van der Waals surface area (Å²) in [5, 5.41) is 12.2. The second-order valence-corrected chi connectivity index (χ2v) is 4.24. The van der Waals surface area contributed by atoms with Crippen molar-refractivity contribution in [3.05, 3.63) is 23.8 Å². The van der Waals surface area contributed by atoms with Crippen LogP contribution in [0, 0.1) is 0 Å². The van der Waals surface area contributed by atoms with E-state index in [2.05, 4.69) is 5.32 Å². The number of fused-ring (bicyclic) bond motifs is 1. The lowest BCUT2D eigenvalue weighted by Gasteiger charge is -2.18. The van der Waals surface area contributed by atoms with Gasteiger partial charge in [0.15, 0.2) is 0 Å². The highest BCUT2D eigenvalue weighted by atomic mass is 16.5. The predicted octanol–water partition coefficient (Wildman–Crippen LogP) is 1.72. The molecule has 4 heteroatoms. The fourth-order valence-corrected chi connectivity index (χ4v) is 1.75. The van der Waals surface area contributed by atoms with Crippen molar-refractivity contribution >= 4 is 11.6 Å². The van der Waals surface area contributed by atoms with Gasteiger partial charge in [0.05, 0.1) is 6.10 Å². The molecule has 4 nitrogen and oxygen atoms in total. The molecule has 0 saturated heterocycles. The van der Waals surface area contributed by atoms with Crippen molar-refractivity contribution in [1.29, 1.82) is 0 Å². The smallest absolute Gasteiger partial charge is 0.224 e. The minimum absolute atomic E-state index is 0.0447. The molecular formula is C13H17NO3. The number of amides is 1. The van der Waals surface area contributed by atoms with Crippen LogP contribution in [0.3, 0.4) is 0 Å². The van der Waals surface area contributed by atoms with Crippen molar-refractivity contribution < 1.29 is 14.6 Å². The van der Waals surface area contributed by atoms with Crippen molar-refractivity contribution in [2.75, 3.05) is 11.9 Å². The molecule has 1 atom stereocenters. The second-order valence-electron chi connectivity index (χ2n) is 4.24. The quantitative estimate of drug-likeness (QED) is 0.835. The Bertz CT molecular complexity index is 417. The number of aliphatic hydroxyl groups excluding tert-OH is 1. The number of carbonyl (C=O) groups excluding carboxylic acids is 1. The average molecular weight is 235 g/mol. The zero-order valence-corrected chi connectivity index (χ0v) is 9.90. The van der Waals surface area contributed by atoms with Crippen molar-refractivity contribution in [2.24, 2.45) is 0 Å². The van der Waals surface area contributed by atoms with Crippen molar-refractivity contribution in [3.63, 3.8) is 0 Å². The molecule has 1 aliphatic heterocycles. The van der Waals surface area contributed by atoms with E-state index in [-0.39, 0.29) is 12.5 Å². The molecule has 1 aliphatic rings. The zero-order valence-electron chi connectivity index (χ0n) is 9.90. The molecule has 1 unspecified atom stereocenters. The van der Waals surface area contributed by atoms with Gasteiger partial charge in [0.1, 0.15) is 12.4 Å². The summed E-state index contributed by atoms with van der Waals surface area (Å²) in [5.74, 6) is 0.724. The second kappa shape index (κ2) is 5.19. The summed E-state index contributed by atoms with van der Waals surface area (Å²) in [5.41, 5.74) is 1.96. The van der Waals surface area contributed by atoms with Gasteiger partial charge in [0, 0.05) is 18.2 Å². The maximum Gasteiger partial charge on any atom is 0.224 e. The van der Waals surface area contributed by atoms with Crippen LogP contribution in [0.4, 0.5) is 5.69 Å². The van der Waals surface area contributed by atoms with Crippen LogP contribution >= 0.6 is 0 Å². The van der Waals surface area contributed by atoms with E-state index in [1.54, 1.807) is 0 Å². The van der Waals surface area contributed by atoms with Crippen LogP contribution in [0.15, 0.2) is 18.2 Å². The first kappa shape index (κ1) is 11.9. The Morgan fingerprint density at radius 1 is 1.47 bits per heavy atom. The van der Waals surface area contributed by atoms with E-state index in [4.69, 9.17) is 4.74 Å². The molecule has 0 radical (unpaired) electrons. The Morgan fingerprint density at radius 3 is 3.06 bits per heavy atom. The first-order chi connectivity index (χ1) is 8.19. The summed E-state index contributed by atoms with van der Waals surface area (Å²) in [6, 6.07) is 5.65. The molecule has 92 valence electrons. The average Bonchev–Trinajstić information content (AvgIpc) is 2.35. The van der Waals surface area contributed by atoms with Crippen LogP contribution in [0.1, 0.15) is 25.3 Å². The number of anilines is 1. The topological polar surface area (TPSA) is 58.6 Å². The molecule has 0 aliphatic carbocycles. The van der Waals surface area contributed by atoms with E-state index in [1.165, 1.54) is 0 Å². The molecule has 2 N–H and O–H groups in total. The van der Waals surface area contributed by atoms with Crippen molar-refractivity contribution in [2.45, 2.75) is 32.3 Å². The number of nitrogens with one attached hydrogen (secondary N) is 1. The molecule has 1 amide bonds. The first-order valence-corrected chi connectivity index (χ1v) is 5.92. The lowest BCUT2D eigenvalue weighted by atomic mass is 10.0. The minimum Gasteiger partial charge on any atom is -0.491 e. The summed E-state index contributed by atoms with van der Waals surface area (Å²) in [4.78, 5) is 11.3. The maximum absolute atomic E-state index is 11.3. The molecule has 17 heavy (non-hydrogen) atoms. The number of aliphatic hydroxyl groups is 1. The van der Waals surface area contributed by atoms with Gasteiger partial charge in [-0.25, -0.2) is 0 Å². The normalized spacial score (nSPS) is 16.0. The molecule has 1 aromatic carbocycles. The SMILES string of the molecule is CCC(O)COc1ccc2c(c1)NC(=O)CC2. The van der Waals surface area contributed by atoms with E-state index in [1.807, 2.05) is 25.1 Å². The van der Waals surface area contributed by atoms with Gasteiger partial charge in [-0.15, -0.1) is 0 Å². The predicted molar refractivity (Wildman–Crippen MR) is 65.2 cm³/mol. The highest BCUT2D eigenvalue weighted by Crippen LogP contribution is 2.27. The zero-order chi connectivity index (χ0) is 12.3. The highest BCUT2D eigenvalue weighted by Gasteiger charge is 2.15. The molecule has 0 spiro atoms. The van der Waals surface area contributed by atoms with Gasteiger partial charge < -0.3 is 15.2 Å². The number of aryl methyl sites for hydroxylation is 1. The summed E-state index contributed by atoms with van der Waals surface area (Å²) in [6.45, 7) is 2.18. The number of hydrogen-bond donors (Lipinski definition) is 2. The first-order valence-electron chi connectivity index (χ1n) is 5.92. The van der Waals surface area contributed by atoms with Crippen LogP contribution in [0.5, 0.6) is 5.75 Å². The van der Waals surface area contributed by atoms with E-state index in [0.717, 1.165) is 17.7 Å². The number of rotatable bonds is 4. The standard InChI is InChI=1S/C13H17NO3/c1-2-10(15)8-17-11-5-3-9-4-6-13(16)14-12(9)7-11/h3,5,7,10,15H,2,4,6,8H2,1H3,(H,14,16). The van der Waals surface area contributed by atoms with Crippen LogP contribution in [-0.2, 0) is 11.2 Å². The molecule has 0 fully saturated rings. The fourth-order valence-electron chi connectivity index (χ4n) is 1.75. The third-order valence-electron chi connectivity index (χ3n) is 2.89. The van der Waals surface area contributed by atoms with Gasteiger partial charge in [-0.2, -0.15) is 0 Å². The molecule has 2 rings (SSSR count). The molecule has 1 heterocycles. The Balaban J connectivity index is 2.05. The fraction of sp³-hybridized carbons (Fsp3) is 0.462. The van der Waals surface area contributed by atoms with Gasteiger partial charge in [-0.1, -0.05) is 13.0 Å². The maximum atomic E-state index is 11.3. The van der Waals surface area contributed by atoms with Gasteiger partial charge in [0.25, 0.3) is 0 Å². The minimum atomic E-state index is -0.444. The van der Waals surface area contributed by atoms with E-state index in [9.17, 15) is 9.90 Å². The van der Waals surface area contributed by atoms with Gasteiger partial charge in [0.2, 0.25) is 5.91 Å². The van der Waals surface area contributed by atoms with Gasteiger partial charge in [-0.3, -0.25) is 4.79 Å². The van der Waals surface area contributed by atoms with Gasteiger partial charge >= 0.3 is 0 Å². The highest BCUT2D eigenvalue weighted by molar-refractivity contribution is 5.94. The Hall–Kier alpha value is -1.55. The number of carbonyl (C=O) groups is 1.